The van der Waals surface area contributed by atoms with Crippen LogP contribution >= 0.6 is 11.6 Å². The van der Waals surface area contributed by atoms with E-state index in [2.05, 4.69) is 4.99 Å². The van der Waals surface area contributed by atoms with Crippen molar-refractivity contribution in [1.29, 1.82) is 0 Å². The van der Waals surface area contributed by atoms with Crippen LogP contribution in [0, 0.1) is 0 Å². The lowest BCUT2D eigenvalue weighted by atomic mass is 10.0. The van der Waals surface area contributed by atoms with Crippen molar-refractivity contribution < 1.29 is 27.4 Å². The molecule has 0 aromatic heterocycles. The molecule has 1 aliphatic heterocycles. The van der Waals surface area contributed by atoms with Gasteiger partial charge in [0.2, 0.25) is 0 Å². The van der Waals surface area contributed by atoms with Crippen LogP contribution in [-0.2, 0) is 0 Å². The second-order valence-corrected chi connectivity index (χ2v) is 9.29. The van der Waals surface area contributed by atoms with Crippen LogP contribution < -0.4 is 15.2 Å². The summed E-state index contributed by atoms with van der Waals surface area (Å²) in [6, 6.07) is 18.0. The quantitative estimate of drug-likeness (QED) is 0.322. The minimum atomic E-state index is -4.73. The first kappa shape index (κ1) is 28.0. The minimum Gasteiger partial charge on any atom is -0.497 e. The average Bonchev–Trinajstić information content (AvgIpc) is 3.42. The van der Waals surface area contributed by atoms with E-state index >= 15 is 0 Å². The number of rotatable bonds is 7. The molecule has 1 amide bonds. The standard InChI is InChI=1S/C29H27ClF3N3O3/c1-38-20-13-14-26(39-2)21(16-20)25-8-5-15-36(25)28(37)19-11-9-18(10-12-19)24(17-27(34)29(31,32)33)35-23-7-4-3-6-22(23)30/h3-4,6-7,9-14,16-17,25H,5,8,15,34H2,1-2H3/b27-17-,35-24?. The van der Waals surface area contributed by atoms with E-state index in [-0.39, 0.29) is 28.4 Å². The van der Waals surface area contributed by atoms with E-state index in [1.807, 2.05) is 12.1 Å². The molecule has 39 heavy (non-hydrogen) atoms. The summed E-state index contributed by atoms with van der Waals surface area (Å²) in [5.74, 6) is 1.11. The predicted octanol–water partition coefficient (Wildman–Crippen LogP) is 6.86. The minimum absolute atomic E-state index is 0.0444. The van der Waals surface area contributed by atoms with E-state index in [0.717, 1.165) is 24.5 Å². The van der Waals surface area contributed by atoms with E-state index < -0.39 is 11.9 Å². The number of nitrogens with two attached hydrogens (primary N) is 1. The van der Waals surface area contributed by atoms with Gasteiger partial charge < -0.3 is 20.1 Å². The first-order chi connectivity index (χ1) is 18.6. The van der Waals surface area contributed by atoms with E-state index in [9.17, 15) is 18.0 Å². The van der Waals surface area contributed by atoms with Crippen LogP contribution in [0.25, 0.3) is 0 Å². The van der Waals surface area contributed by atoms with Crippen LogP contribution in [0.2, 0.25) is 5.02 Å². The molecule has 6 nitrogen and oxygen atoms in total. The van der Waals surface area contributed by atoms with Crippen molar-refractivity contribution >= 4 is 28.9 Å². The number of allylic oxidation sites excluding steroid dienone is 2. The lowest BCUT2D eigenvalue weighted by molar-refractivity contribution is -0.0925. The third-order valence-corrected chi connectivity index (χ3v) is 6.77. The third kappa shape index (κ3) is 6.37. The zero-order chi connectivity index (χ0) is 28.2. The molecule has 3 aromatic rings. The molecule has 3 aromatic carbocycles. The molecule has 1 aliphatic rings. The molecule has 0 saturated carbocycles. The van der Waals surface area contributed by atoms with Gasteiger partial charge in [0.05, 0.1) is 36.7 Å². The number of halogens is 4. The summed E-state index contributed by atoms with van der Waals surface area (Å²) in [6.07, 6.45) is -2.41. The molecule has 0 bridgehead atoms. The molecule has 10 heteroatoms. The molecule has 204 valence electrons. The zero-order valence-electron chi connectivity index (χ0n) is 21.3. The van der Waals surface area contributed by atoms with Crippen molar-refractivity contribution in [2.75, 3.05) is 20.8 Å². The Morgan fingerprint density at radius 2 is 1.74 bits per heavy atom. The number of likely N-dealkylation sites (tertiary alicyclic amines) is 1. The van der Waals surface area contributed by atoms with Gasteiger partial charge in [-0.2, -0.15) is 13.2 Å². The molecule has 1 atom stereocenters. The number of alkyl halides is 3. The Morgan fingerprint density at radius 1 is 1.05 bits per heavy atom. The van der Waals surface area contributed by atoms with Gasteiger partial charge >= 0.3 is 6.18 Å². The van der Waals surface area contributed by atoms with Crippen LogP contribution in [0.15, 0.2) is 83.5 Å². The van der Waals surface area contributed by atoms with Gasteiger partial charge in [-0.05, 0) is 61.4 Å². The van der Waals surface area contributed by atoms with E-state index in [1.165, 1.54) is 0 Å². The Kier molecular flexibility index (Phi) is 8.50. The van der Waals surface area contributed by atoms with Crippen LogP contribution in [-0.4, -0.2) is 43.5 Å². The normalized spacial score (nSPS) is 16.4. The van der Waals surface area contributed by atoms with Gasteiger partial charge in [-0.15, -0.1) is 0 Å². The highest BCUT2D eigenvalue weighted by molar-refractivity contribution is 6.33. The maximum Gasteiger partial charge on any atom is 0.430 e. The summed E-state index contributed by atoms with van der Waals surface area (Å²) in [4.78, 5) is 19.6. The fourth-order valence-electron chi connectivity index (χ4n) is 4.46. The lowest BCUT2D eigenvalue weighted by Gasteiger charge is -2.27. The Labute approximate surface area is 229 Å². The van der Waals surface area contributed by atoms with E-state index in [4.69, 9.17) is 26.8 Å². The number of carbonyl (C=O) groups is 1. The second kappa shape index (κ2) is 11.8. The Hall–Kier alpha value is -3.98. The van der Waals surface area contributed by atoms with Crippen molar-refractivity contribution in [2.24, 2.45) is 10.7 Å². The lowest BCUT2D eigenvalue weighted by Crippen LogP contribution is -2.30. The number of carbonyl (C=O) groups excluding carboxylic acids is 1. The zero-order valence-corrected chi connectivity index (χ0v) is 22.1. The van der Waals surface area contributed by atoms with Gasteiger partial charge in [-0.1, -0.05) is 35.9 Å². The van der Waals surface area contributed by atoms with Gasteiger partial charge in [0, 0.05) is 23.2 Å². The van der Waals surface area contributed by atoms with Crippen molar-refractivity contribution in [2.45, 2.75) is 25.1 Å². The SMILES string of the molecule is COc1ccc(OC)c(C2CCCN2C(=O)c2ccc(C(/C=C(\N)C(F)(F)F)=Nc3ccccc3Cl)cc2)c1. The fraction of sp³-hybridized carbons (Fsp3) is 0.241. The highest BCUT2D eigenvalue weighted by Crippen LogP contribution is 2.39. The van der Waals surface area contributed by atoms with Crippen molar-refractivity contribution in [3.63, 3.8) is 0 Å². The summed E-state index contributed by atoms with van der Waals surface area (Å²) in [5.41, 5.74) is 5.81. The number of methoxy groups -OCH3 is 2. The number of hydrogen-bond acceptors (Lipinski definition) is 5. The largest absolute Gasteiger partial charge is 0.497 e. The molecule has 2 N–H and O–H groups in total. The Balaban J connectivity index is 1.66. The summed E-state index contributed by atoms with van der Waals surface area (Å²) >= 11 is 6.18. The van der Waals surface area contributed by atoms with Crippen LogP contribution in [0.4, 0.5) is 18.9 Å². The molecular weight excluding hydrogens is 531 g/mol. The Bertz CT molecular complexity index is 1400. The second-order valence-electron chi connectivity index (χ2n) is 8.89. The first-order valence-corrected chi connectivity index (χ1v) is 12.5. The maximum absolute atomic E-state index is 13.5. The smallest absolute Gasteiger partial charge is 0.430 e. The highest BCUT2D eigenvalue weighted by atomic mass is 35.5. The van der Waals surface area contributed by atoms with Gasteiger partial charge in [0.15, 0.2) is 0 Å². The number of aliphatic imine (C=N–C) groups is 1. The molecular formula is C29H27ClF3N3O3. The number of para-hydroxylation sites is 1. The monoisotopic (exact) mass is 557 g/mol. The topological polar surface area (TPSA) is 77.2 Å². The first-order valence-electron chi connectivity index (χ1n) is 12.1. The average molecular weight is 558 g/mol. The fourth-order valence-corrected chi connectivity index (χ4v) is 4.64. The van der Waals surface area contributed by atoms with Crippen molar-refractivity contribution in [3.8, 4) is 11.5 Å². The summed E-state index contributed by atoms with van der Waals surface area (Å²) in [6.45, 7) is 0.551. The molecule has 0 radical (unpaired) electrons. The highest BCUT2D eigenvalue weighted by Gasteiger charge is 2.33. The number of nitrogens with zero attached hydrogens (tertiary/aromatic N) is 2. The van der Waals surface area contributed by atoms with Gasteiger partial charge in [0.1, 0.15) is 17.2 Å². The summed E-state index contributed by atoms with van der Waals surface area (Å²) < 4.78 is 50.6. The van der Waals surface area contributed by atoms with Crippen molar-refractivity contribution in [1.82, 2.24) is 4.90 Å². The maximum atomic E-state index is 13.5. The molecule has 1 heterocycles. The van der Waals surface area contributed by atoms with Gasteiger partial charge in [0.25, 0.3) is 5.91 Å². The molecule has 1 unspecified atom stereocenters. The van der Waals surface area contributed by atoms with Gasteiger partial charge in [-0.3, -0.25) is 4.79 Å². The number of benzene rings is 3. The molecule has 4 rings (SSSR count). The van der Waals surface area contributed by atoms with Crippen molar-refractivity contribution in [3.05, 3.63) is 100 Å². The number of hydrogen-bond donors (Lipinski definition) is 1. The predicted molar refractivity (Wildman–Crippen MR) is 145 cm³/mol. The number of amides is 1. The summed E-state index contributed by atoms with van der Waals surface area (Å²) in [7, 11) is 3.15. The van der Waals surface area contributed by atoms with E-state index in [1.54, 1.807) is 73.7 Å². The van der Waals surface area contributed by atoms with Crippen LogP contribution in [0.5, 0.6) is 11.5 Å². The molecule has 1 saturated heterocycles. The Morgan fingerprint density at radius 3 is 2.38 bits per heavy atom. The third-order valence-electron chi connectivity index (χ3n) is 6.45. The van der Waals surface area contributed by atoms with E-state index in [0.29, 0.717) is 29.2 Å². The number of ether oxygens (including phenoxy) is 2. The molecule has 0 spiro atoms. The van der Waals surface area contributed by atoms with Gasteiger partial charge in [-0.25, -0.2) is 4.99 Å². The molecule has 0 aliphatic carbocycles. The molecule has 1 fully saturated rings. The van der Waals surface area contributed by atoms with Crippen LogP contribution in [0.1, 0.15) is 40.4 Å². The van der Waals surface area contributed by atoms with Crippen LogP contribution in [0.3, 0.4) is 0 Å². The summed E-state index contributed by atoms with van der Waals surface area (Å²) in [5, 5.41) is 0.272.